The molecular formula is C12H16O6P2S2Zn. The van der Waals surface area contributed by atoms with E-state index in [1.807, 2.05) is 0 Å². The summed E-state index contributed by atoms with van der Waals surface area (Å²) in [5.41, 5.74) is 0. The molecule has 2 aromatic carbocycles. The van der Waals surface area contributed by atoms with Crippen molar-refractivity contribution in [3.05, 3.63) is 60.7 Å². The van der Waals surface area contributed by atoms with Gasteiger partial charge in [0, 0.05) is 0 Å². The molecule has 0 aromatic heterocycles. The normalized spacial score (nSPS) is 10.3. The zero-order valence-electron chi connectivity index (χ0n) is 11.9. The van der Waals surface area contributed by atoms with Crippen LogP contribution in [0.1, 0.15) is 0 Å². The van der Waals surface area contributed by atoms with Crippen molar-refractivity contribution in [2.24, 2.45) is 0 Å². The van der Waals surface area contributed by atoms with Gasteiger partial charge in [-0.15, -0.1) is 0 Å². The number of hydrogen-bond acceptors (Lipinski definition) is 2. The molecule has 2 rings (SSSR count). The van der Waals surface area contributed by atoms with Crippen LogP contribution in [0.15, 0.2) is 60.7 Å². The van der Waals surface area contributed by atoms with E-state index >= 15 is 0 Å². The second-order valence-corrected chi connectivity index (χ2v) is 13.3. The summed E-state index contributed by atoms with van der Waals surface area (Å²) in [5.74, 6) is 0. The van der Waals surface area contributed by atoms with E-state index in [1.165, 1.54) is 0 Å². The third-order valence-corrected chi connectivity index (χ3v) is 5.79. The summed E-state index contributed by atoms with van der Waals surface area (Å²) in [6.45, 7) is -7.61. The summed E-state index contributed by atoms with van der Waals surface area (Å²) in [6.07, 6.45) is 0. The van der Waals surface area contributed by atoms with E-state index in [-0.39, 0.29) is 0 Å². The molecule has 2 aromatic rings. The van der Waals surface area contributed by atoms with Gasteiger partial charge in [-0.3, -0.25) is 0 Å². The molecule has 0 bridgehead atoms. The van der Waals surface area contributed by atoms with E-state index in [2.05, 4.69) is 84.3 Å². The molecule has 0 heterocycles. The van der Waals surface area contributed by atoms with Gasteiger partial charge in [0.1, 0.15) is 0 Å². The van der Waals surface area contributed by atoms with E-state index in [9.17, 15) is 0 Å². The summed E-state index contributed by atoms with van der Waals surface area (Å²) >= 11 is 6.53. The molecule has 124 valence electrons. The summed E-state index contributed by atoms with van der Waals surface area (Å²) in [6, 6.07) is 21.6. The van der Waals surface area contributed by atoms with Gasteiger partial charge in [0.05, 0.1) is 0 Å². The number of hydrogen-bond donors (Lipinski definition) is 6. The average molecular weight is 448 g/mol. The molecule has 0 aliphatic rings. The zero-order valence-corrected chi connectivity index (χ0v) is 18.3. The maximum atomic E-state index is 7.56. The molecule has 23 heavy (non-hydrogen) atoms. The molecule has 0 radical (unpaired) electrons. The Kier molecular flexibility index (Phi) is 11.7. The molecular weight excluding hydrogens is 432 g/mol. The first kappa shape index (κ1) is 23.1. The molecule has 11 heteroatoms. The average Bonchev–Trinajstić information content (AvgIpc) is 2.37. The molecule has 6 nitrogen and oxygen atoms in total. The monoisotopic (exact) mass is 446 g/mol. The van der Waals surface area contributed by atoms with Crippen molar-refractivity contribution in [3.8, 4) is 0 Å². The Bertz CT molecular complexity index is 573. The van der Waals surface area contributed by atoms with Crippen molar-refractivity contribution < 1.29 is 46.5 Å². The third-order valence-electron chi connectivity index (χ3n) is 2.09. The van der Waals surface area contributed by atoms with Gasteiger partial charge in [-0.2, -0.15) is 0 Å². The molecule has 0 fully saturated rings. The quantitative estimate of drug-likeness (QED) is 0.283. The minimum atomic E-state index is -3.81. The molecule has 0 saturated carbocycles. The summed E-state index contributed by atoms with van der Waals surface area (Å²) < 4.78 is 3.11. The summed E-state index contributed by atoms with van der Waals surface area (Å²) in [5, 5.41) is 0. The van der Waals surface area contributed by atoms with Crippen LogP contribution in [0.25, 0.3) is 0 Å². The Morgan fingerprint density at radius 2 is 0.783 bits per heavy atom. The predicted octanol–water partition coefficient (Wildman–Crippen LogP) is 0.0955. The first-order valence-corrected chi connectivity index (χ1v) is 14.4. The number of benzene rings is 2. The standard InChI is InChI=1S/2C6H5.2H3O3PS.Zn/c2*1-2-4-6-5-3-1;2*1-4(2,3)5;/h2*1-5H;2*(H3,1,2,3,5);. The Hall–Kier alpha value is 0.123. The molecule has 0 aliphatic carbocycles. The van der Waals surface area contributed by atoms with Crippen LogP contribution in [0.4, 0.5) is 0 Å². The van der Waals surface area contributed by atoms with Gasteiger partial charge in [-0.05, 0) is 23.6 Å². The van der Waals surface area contributed by atoms with Crippen LogP contribution in [-0.4, -0.2) is 29.4 Å². The molecule has 0 saturated heterocycles. The summed E-state index contributed by atoms with van der Waals surface area (Å²) in [4.78, 5) is 45.3. The van der Waals surface area contributed by atoms with Crippen molar-refractivity contribution >= 4 is 45.4 Å². The molecule has 6 N–H and O–H groups in total. The minimum absolute atomic E-state index is 0.676. The van der Waals surface area contributed by atoms with E-state index in [4.69, 9.17) is 29.4 Å². The van der Waals surface area contributed by atoms with Gasteiger partial charge < -0.3 is 29.4 Å². The Morgan fingerprint density at radius 3 is 1.00 bits per heavy atom. The van der Waals surface area contributed by atoms with E-state index in [1.54, 1.807) is 8.32 Å². The van der Waals surface area contributed by atoms with Crippen LogP contribution in [-0.2, 0) is 40.7 Å². The van der Waals surface area contributed by atoms with Crippen molar-refractivity contribution in [1.82, 2.24) is 0 Å². The van der Waals surface area contributed by atoms with Crippen LogP contribution in [0.5, 0.6) is 0 Å². The van der Waals surface area contributed by atoms with Gasteiger partial charge in [-0.1, -0.05) is 0 Å². The van der Waals surface area contributed by atoms with Crippen LogP contribution in [0.3, 0.4) is 0 Å². The Labute approximate surface area is 152 Å². The third kappa shape index (κ3) is 22.1. The van der Waals surface area contributed by atoms with Crippen molar-refractivity contribution in [2.75, 3.05) is 0 Å². The van der Waals surface area contributed by atoms with Gasteiger partial charge in [-0.25, -0.2) is 0 Å². The Morgan fingerprint density at radius 1 is 0.565 bits per heavy atom. The van der Waals surface area contributed by atoms with Gasteiger partial charge in [0.15, 0.2) is 0 Å². The molecule has 0 spiro atoms. The van der Waals surface area contributed by atoms with Gasteiger partial charge >= 0.3 is 99.5 Å². The fourth-order valence-corrected chi connectivity index (χ4v) is 4.55. The Balaban J connectivity index is 0.000000406. The van der Waals surface area contributed by atoms with Crippen LogP contribution in [0.2, 0.25) is 0 Å². The second kappa shape index (κ2) is 11.6. The molecule has 0 unspecified atom stereocenters. The van der Waals surface area contributed by atoms with E-state index in [0.29, 0.717) is 0 Å². The first-order chi connectivity index (χ1) is 10.4. The van der Waals surface area contributed by atoms with Crippen LogP contribution >= 0.6 is 13.4 Å². The maximum absolute atomic E-state index is 7.56. The van der Waals surface area contributed by atoms with E-state index in [0.717, 1.165) is 0 Å². The predicted molar refractivity (Wildman–Crippen MR) is 94.0 cm³/mol. The SMILES string of the molecule is OP(O)(O)=S.OP(O)(O)=S.c1cc[c]([Zn][c]2ccccc2)cc1. The van der Waals surface area contributed by atoms with Crippen molar-refractivity contribution in [1.29, 1.82) is 0 Å². The summed E-state index contributed by atoms with van der Waals surface area (Å²) in [7, 11) is 0. The fraction of sp³-hybridized carbons (Fsp3) is 0. The van der Waals surface area contributed by atoms with Gasteiger partial charge in [0.25, 0.3) is 0 Å². The number of rotatable bonds is 2. The fourth-order valence-electron chi connectivity index (χ4n) is 1.43. The topological polar surface area (TPSA) is 121 Å². The van der Waals surface area contributed by atoms with Crippen molar-refractivity contribution in [2.45, 2.75) is 0 Å². The van der Waals surface area contributed by atoms with Crippen LogP contribution in [0, 0.1) is 0 Å². The molecule has 0 aliphatic heterocycles. The first-order valence-electron chi connectivity index (χ1n) is 6.09. The second-order valence-electron chi connectivity index (χ2n) is 4.17. The van der Waals surface area contributed by atoms with E-state index < -0.39 is 30.6 Å². The molecule has 0 atom stereocenters. The van der Waals surface area contributed by atoms with Crippen molar-refractivity contribution in [3.63, 3.8) is 0 Å². The van der Waals surface area contributed by atoms with Gasteiger partial charge in [0.2, 0.25) is 0 Å². The zero-order chi connectivity index (χ0) is 17.9. The molecule has 0 amide bonds. The van der Waals surface area contributed by atoms with Crippen LogP contribution < -0.4 is 8.32 Å².